The molecule has 2 saturated heterocycles. The number of thiazole rings is 1. The third kappa shape index (κ3) is 30.0. The minimum absolute atomic E-state index is 0.00274. The maximum atomic E-state index is 15.7. The number of carbonyl (C=O) groups excluding carboxylic acids is 11. The van der Waals surface area contributed by atoms with Crippen LogP contribution in [-0.4, -0.2) is 269 Å². The van der Waals surface area contributed by atoms with Crippen molar-refractivity contribution in [1.29, 1.82) is 0 Å². The number of aliphatic hydroxyl groups excluding tert-OH is 3. The normalized spacial score (nSPS) is 22.6. The second-order valence-electron chi connectivity index (χ2n) is 36.4. The number of aromatic amines is 1. The first kappa shape index (κ1) is 106. The topological polar surface area (TPSA) is 449 Å². The van der Waals surface area contributed by atoms with Crippen molar-refractivity contribution in [2.75, 3.05) is 66.6 Å². The van der Waals surface area contributed by atoms with Crippen LogP contribution < -0.4 is 53.6 Å². The summed E-state index contributed by atoms with van der Waals surface area (Å²) in [7, 11) is 10.6. The van der Waals surface area contributed by atoms with Gasteiger partial charge >= 0.3 is 0 Å². The standard InChI is InChI=1S/C97H141N15O17S3/c1-15-58(6)85(111(12)97(126)82(56(2)3)108-95(125)84(57(4)5)110(10)11)80(127-13)49-81(116)112-43-29-39-79(112)86(128-14)59(7)87(117)104-75(46-64-34-23-18-24-35-64)96-100-51-68(132-96)53-129-67-41-40-65(47-67)70(44-62-30-19-16-20-31-62)88(118)106-77-54-130-131-55-78(93(123)105-76(52-113)60(8)114)107-94(124)83(61(9)115)109-89(119)72(38-27-28-42-98)101-91(121)74(48-66-50-99-71-37-26-25-36-69(66)71)103-90(120)73(102-92(77)122)45-63-32-21-17-22-33-63/h16-26,30-37,50-51,56-61,65,67,70,72-80,82-86,99,113-115H,15,27-29,38-49,52-55,98H2,1-14H3,(H,101,121)(H,102,122)(H,103,120)(H,104,117)(H,105,123)(H,106,118)(H,107,124)(H,108,125)(H,109,119)/t58-,59+,60+,61+,65?,67?,70?,72?,73?,74?,75?,76+,77?,78?,79-,80+,82-,83-,84-,85-,86+/m0/s1. The zero-order valence-electron chi connectivity index (χ0n) is 78.7. The highest BCUT2D eigenvalue weighted by Gasteiger charge is 2.46. The molecule has 4 aromatic carbocycles. The minimum Gasteiger partial charge on any atom is -0.394 e. The number of unbranched alkanes of at least 4 members (excludes halogenated alkanes) is 1. The maximum Gasteiger partial charge on any atom is 0.245 e. The van der Waals surface area contributed by atoms with Crippen LogP contribution in [0.15, 0.2) is 128 Å². The van der Waals surface area contributed by atoms with Crippen molar-refractivity contribution < 1.29 is 82.3 Å². The van der Waals surface area contributed by atoms with Crippen molar-refractivity contribution >= 4 is 109 Å². The van der Waals surface area contributed by atoms with Gasteiger partial charge in [0.25, 0.3) is 0 Å². The summed E-state index contributed by atoms with van der Waals surface area (Å²) in [5.41, 5.74) is 9.71. The van der Waals surface area contributed by atoms with Crippen molar-refractivity contribution in [2.45, 2.75) is 262 Å². The summed E-state index contributed by atoms with van der Waals surface area (Å²) >= 11 is 1.40. The molecule has 6 aromatic rings. The van der Waals surface area contributed by atoms with Gasteiger partial charge in [-0.3, -0.25) is 57.6 Å². The Labute approximate surface area is 788 Å². The van der Waals surface area contributed by atoms with Gasteiger partial charge in [-0.15, -0.1) is 11.3 Å². The Morgan fingerprint density at radius 3 is 1.90 bits per heavy atom. The Kier molecular flexibility index (Phi) is 42.2. The number of aromatic nitrogens is 2. The van der Waals surface area contributed by atoms with Crippen LogP contribution in [0.25, 0.3) is 10.9 Å². The monoisotopic (exact) mass is 1880 g/mol. The summed E-state index contributed by atoms with van der Waals surface area (Å²) in [4.78, 5) is 178. The van der Waals surface area contributed by atoms with Crippen molar-refractivity contribution in [3.8, 4) is 0 Å². The van der Waals surface area contributed by atoms with Crippen LogP contribution in [0.1, 0.15) is 165 Å². The SMILES string of the molecule is CC[C@H](C)[C@@H]([C@@H](CC(=O)N1CCC[C@H]1[C@H](OC)[C@@H](C)C(=O)NC(Cc1ccccc1)c1ncc(COC2CCC(C(Cc3ccccc3)C(=O)NC3CSSCC(C(=O)N[C@H](CO)[C@@H](C)O)NC(=O)[C@H]([C@@H](C)O)NC(=O)C(CCCCN)NC(=O)C(Cc4c[nH]c5ccccc45)NC(=O)C(Cc4ccccc4)NC3=O)C2)s1)OC)N(C)C(=O)[C@@H](NC(=O)[C@H](C(C)C)N(C)C)C(C)C. The van der Waals surface area contributed by atoms with Gasteiger partial charge in [-0.25, -0.2) is 4.98 Å². The van der Waals surface area contributed by atoms with Gasteiger partial charge in [0.15, 0.2) is 0 Å². The number of fused-ring (bicyclic) bond motifs is 1. The molecule has 11 amide bonds. The largest absolute Gasteiger partial charge is 0.394 e. The summed E-state index contributed by atoms with van der Waals surface area (Å²) < 4.78 is 19.2. The molecular weight excluding hydrogens is 1740 g/mol. The van der Waals surface area contributed by atoms with Crippen LogP contribution in [0, 0.1) is 35.5 Å². The Morgan fingerprint density at radius 1 is 0.667 bits per heavy atom. The van der Waals surface area contributed by atoms with Crippen molar-refractivity contribution in [1.82, 2.24) is 72.5 Å². The maximum absolute atomic E-state index is 15.7. The number of H-pyrrole nitrogens is 1. The Balaban J connectivity index is 0.945. The smallest absolute Gasteiger partial charge is 0.245 e. The van der Waals surface area contributed by atoms with E-state index in [-0.39, 0.29) is 110 Å². The second-order valence-corrected chi connectivity index (χ2v) is 40.1. The lowest BCUT2D eigenvalue weighted by Crippen LogP contribution is -2.62. The van der Waals surface area contributed by atoms with E-state index in [4.69, 9.17) is 24.9 Å². The molecule has 3 aliphatic rings. The molecule has 2 aromatic heterocycles. The number of hydrogen-bond donors (Lipinski definition) is 14. The van der Waals surface area contributed by atoms with Gasteiger partial charge in [0.1, 0.15) is 47.3 Å². The highest BCUT2D eigenvalue weighted by atomic mass is 33.1. The van der Waals surface area contributed by atoms with Crippen molar-refractivity contribution in [2.24, 2.45) is 41.2 Å². The van der Waals surface area contributed by atoms with E-state index < -0.39 is 157 Å². The lowest BCUT2D eigenvalue weighted by Gasteiger charge is -2.41. The molecule has 724 valence electrons. The van der Waals surface area contributed by atoms with Crippen molar-refractivity contribution in [3.63, 3.8) is 0 Å². The zero-order chi connectivity index (χ0) is 96.0. The second kappa shape index (κ2) is 52.5. The van der Waals surface area contributed by atoms with Crippen LogP contribution >= 0.6 is 32.9 Å². The predicted molar refractivity (Wildman–Crippen MR) is 512 cm³/mol. The fourth-order valence-corrected chi connectivity index (χ4v) is 21.3. The van der Waals surface area contributed by atoms with Crippen LogP contribution in [-0.2, 0) is 99.2 Å². The van der Waals surface area contributed by atoms with E-state index in [2.05, 4.69) is 52.8 Å². The number of benzene rings is 4. The minimum atomic E-state index is -1.72. The van der Waals surface area contributed by atoms with E-state index in [1.807, 2.05) is 145 Å². The number of nitrogens with two attached hydrogens (primary N) is 1. The average Bonchev–Trinajstić information content (AvgIpc) is 1.73. The summed E-state index contributed by atoms with van der Waals surface area (Å²) in [6, 6.07) is 22.6. The fourth-order valence-electron chi connectivity index (χ4n) is 18.1. The van der Waals surface area contributed by atoms with E-state index in [9.17, 15) is 48.9 Å². The molecule has 0 radical (unpaired) electrons. The summed E-state index contributed by atoms with van der Waals surface area (Å²) in [6.45, 7) is 16.3. The molecule has 9 rings (SSSR count). The molecule has 2 aliphatic heterocycles. The first-order valence-electron chi connectivity index (χ1n) is 46.3. The number of nitrogens with one attached hydrogen (secondary N) is 10. The van der Waals surface area contributed by atoms with Gasteiger partial charge in [-0.2, -0.15) is 0 Å². The number of methoxy groups -OCH3 is 2. The number of nitrogens with zero attached hydrogens (tertiary/aromatic N) is 4. The van der Waals surface area contributed by atoms with Gasteiger partial charge in [0.05, 0.1) is 91.2 Å². The Hall–Kier alpha value is -9.40. The number of likely N-dealkylation sites (tertiary alicyclic amines) is 1. The average molecular weight is 1890 g/mol. The Bertz CT molecular complexity index is 4700. The number of likely N-dealkylation sites (N-methyl/N-ethyl adjacent to an activating group) is 2. The van der Waals surface area contributed by atoms with Crippen LogP contribution in [0.3, 0.4) is 0 Å². The number of aliphatic hydroxyl groups is 3. The number of rotatable bonds is 42. The van der Waals surface area contributed by atoms with Gasteiger partial charge in [-0.05, 0) is 151 Å². The number of hydrogen-bond acceptors (Lipinski definition) is 23. The lowest BCUT2D eigenvalue weighted by atomic mass is 9.84. The molecule has 4 heterocycles. The molecule has 132 heavy (non-hydrogen) atoms. The van der Waals surface area contributed by atoms with Crippen LogP contribution in [0.5, 0.6) is 0 Å². The number of carbonyl (C=O) groups is 11. The van der Waals surface area contributed by atoms with Crippen LogP contribution in [0.2, 0.25) is 0 Å². The van der Waals surface area contributed by atoms with E-state index in [1.165, 1.54) is 25.2 Å². The third-order valence-corrected chi connectivity index (χ3v) is 29.2. The molecule has 15 N–H and O–H groups in total. The fraction of sp³-hybridized carbons (Fsp3) is 0.588. The summed E-state index contributed by atoms with van der Waals surface area (Å²) in [5.74, 6) is -9.25. The molecule has 1 saturated carbocycles. The quantitative estimate of drug-likeness (QED) is 0.0146. The third-order valence-electron chi connectivity index (χ3n) is 25.7. The first-order chi connectivity index (χ1) is 63.2. The summed E-state index contributed by atoms with van der Waals surface area (Å²) in [6.07, 6.45) is 3.42. The molecule has 1 aliphatic carbocycles. The highest BCUT2D eigenvalue weighted by molar-refractivity contribution is 8.76. The molecule has 3 fully saturated rings. The van der Waals surface area contributed by atoms with Gasteiger partial charge in [0, 0.05) is 81.4 Å². The van der Waals surface area contributed by atoms with Gasteiger partial charge in [0.2, 0.25) is 65.0 Å². The molecule has 21 atom stereocenters. The lowest BCUT2D eigenvalue weighted by molar-refractivity contribution is -0.148. The zero-order valence-corrected chi connectivity index (χ0v) is 81.1. The predicted octanol–water partition coefficient (Wildman–Crippen LogP) is 6.37. The summed E-state index contributed by atoms with van der Waals surface area (Å²) in [5, 5.41) is 59.4. The molecule has 32 nitrogen and oxygen atoms in total. The molecule has 9 unspecified atom stereocenters. The van der Waals surface area contributed by atoms with Gasteiger partial charge in [-0.1, -0.05) is 186 Å². The number of ether oxygens (including phenoxy) is 3. The van der Waals surface area contributed by atoms with E-state index in [0.29, 0.717) is 80.5 Å². The Morgan fingerprint density at radius 2 is 1.29 bits per heavy atom. The molecular formula is C97H141N15O17S3. The van der Waals surface area contributed by atoms with Crippen molar-refractivity contribution in [3.05, 3.63) is 160 Å². The van der Waals surface area contributed by atoms with Crippen LogP contribution in [0.4, 0.5) is 0 Å². The molecule has 0 bridgehead atoms. The van der Waals surface area contributed by atoms with E-state index >= 15 is 19.2 Å². The van der Waals surface area contributed by atoms with E-state index in [1.54, 1.807) is 80.7 Å². The highest BCUT2D eigenvalue weighted by Crippen LogP contribution is 2.38. The van der Waals surface area contributed by atoms with Gasteiger partial charge < -0.3 is 97.9 Å². The first-order valence-corrected chi connectivity index (χ1v) is 49.6. The molecule has 0 spiro atoms. The number of amides is 11. The number of para-hydroxylation sites is 1. The van der Waals surface area contributed by atoms with E-state index in [0.717, 1.165) is 48.5 Å². The molecule has 35 heteroatoms.